The topological polar surface area (TPSA) is 32.8 Å². The first-order chi connectivity index (χ1) is 12.2. The van der Waals surface area contributed by atoms with Crippen molar-refractivity contribution in [1.82, 2.24) is 9.80 Å². The van der Waals surface area contributed by atoms with Crippen LogP contribution in [-0.2, 0) is 16.0 Å². The third-order valence-corrected chi connectivity index (χ3v) is 6.02. The number of carbonyl (C=O) groups excluding carboxylic acids is 1. The lowest BCUT2D eigenvalue weighted by Crippen LogP contribution is -2.54. The largest absolute Gasteiger partial charge is 0.498 e. The molecule has 4 heteroatoms. The highest BCUT2D eigenvalue weighted by Gasteiger charge is 2.41. The van der Waals surface area contributed by atoms with Gasteiger partial charge in [0.2, 0.25) is 5.91 Å². The molecule has 134 valence electrons. The number of likely N-dealkylation sites (tertiary alicyclic amines) is 1. The van der Waals surface area contributed by atoms with Crippen molar-refractivity contribution in [2.45, 2.75) is 50.6 Å². The number of likely N-dealkylation sites (N-methyl/N-ethyl adjacent to an activating group) is 1. The Labute approximate surface area is 150 Å². The zero-order valence-electron chi connectivity index (χ0n) is 15.1. The first kappa shape index (κ1) is 16.6. The zero-order valence-corrected chi connectivity index (χ0v) is 15.1. The fraction of sp³-hybridized carbons (Fsp3) is 0.571. The summed E-state index contributed by atoms with van der Waals surface area (Å²) in [6.07, 6.45) is 6.06. The maximum atomic E-state index is 12.9. The molecule has 4 nitrogen and oxygen atoms in total. The highest BCUT2D eigenvalue weighted by molar-refractivity contribution is 5.79. The van der Waals surface area contributed by atoms with E-state index in [2.05, 4.69) is 4.90 Å². The van der Waals surface area contributed by atoms with Crippen molar-refractivity contribution >= 4 is 5.91 Å². The number of nitrogens with zero attached hydrogens (tertiary/aromatic N) is 2. The molecule has 2 atom stereocenters. The molecular formula is C21H28N2O2. The SMILES string of the molecule is CN(C(=O)Cc1ccccc1)[C@H]1CCC2=C(CCO2)[C@@H]1N1CCCC1. The molecule has 3 aliphatic rings. The molecular weight excluding hydrogens is 312 g/mol. The maximum absolute atomic E-state index is 12.9. The zero-order chi connectivity index (χ0) is 17.2. The lowest BCUT2D eigenvalue weighted by atomic mass is 9.85. The fourth-order valence-electron chi connectivity index (χ4n) is 4.70. The Balaban J connectivity index is 1.53. The van der Waals surface area contributed by atoms with E-state index in [1.807, 2.05) is 42.3 Å². The molecule has 0 N–H and O–H groups in total. The van der Waals surface area contributed by atoms with Gasteiger partial charge in [-0.1, -0.05) is 30.3 Å². The molecule has 1 aliphatic carbocycles. The number of amides is 1. The summed E-state index contributed by atoms with van der Waals surface area (Å²) in [5, 5.41) is 0. The highest BCUT2D eigenvalue weighted by atomic mass is 16.5. The van der Waals surface area contributed by atoms with Crippen LogP contribution < -0.4 is 0 Å². The van der Waals surface area contributed by atoms with Gasteiger partial charge in [-0.3, -0.25) is 9.69 Å². The first-order valence-electron chi connectivity index (χ1n) is 9.62. The molecule has 4 rings (SSSR count). The molecule has 1 fully saturated rings. The Morgan fingerprint density at radius 3 is 2.72 bits per heavy atom. The Bertz CT molecular complexity index is 649. The van der Waals surface area contributed by atoms with Crippen molar-refractivity contribution in [3.63, 3.8) is 0 Å². The van der Waals surface area contributed by atoms with Gasteiger partial charge in [0.25, 0.3) is 0 Å². The van der Waals surface area contributed by atoms with E-state index in [9.17, 15) is 4.79 Å². The van der Waals surface area contributed by atoms with Crippen molar-refractivity contribution in [3.8, 4) is 0 Å². The van der Waals surface area contributed by atoms with Crippen LogP contribution in [0.25, 0.3) is 0 Å². The van der Waals surface area contributed by atoms with Crippen LogP contribution in [0.1, 0.15) is 37.7 Å². The molecule has 25 heavy (non-hydrogen) atoms. The average Bonchev–Trinajstić information content (AvgIpc) is 3.32. The number of rotatable bonds is 4. The van der Waals surface area contributed by atoms with Crippen molar-refractivity contribution in [3.05, 3.63) is 47.2 Å². The van der Waals surface area contributed by atoms with Gasteiger partial charge in [-0.15, -0.1) is 0 Å². The predicted octanol–water partition coefficient (Wildman–Crippen LogP) is 2.99. The molecule has 2 aliphatic heterocycles. The molecule has 0 unspecified atom stereocenters. The van der Waals surface area contributed by atoms with E-state index in [1.54, 1.807) is 0 Å². The van der Waals surface area contributed by atoms with Crippen molar-refractivity contribution in [2.75, 3.05) is 26.7 Å². The summed E-state index contributed by atoms with van der Waals surface area (Å²) in [6.45, 7) is 3.13. The third-order valence-electron chi connectivity index (χ3n) is 6.02. The molecule has 1 aromatic rings. The number of allylic oxidation sites excluding steroid dienone is 1. The van der Waals surface area contributed by atoms with Gasteiger partial charge in [-0.2, -0.15) is 0 Å². The van der Waals surface area contributed by atoms with Gasteiger partial charge < -0.3 is 9.64 Å². The minimum Gasteiger partial charge on any atom is -0.498 e. The second kappa shape index (κ2) is 7.20. The normalized spacial score (nSPS) is 26.4. The van der Waals surface area contributed by atoms with E-state index in [1.165, 1.54) is 24.2 Å². The number of carbonyl (C=O) groups is 1. The number of benzene rings is 1. The quantitative estimate of drug-likeness (QED) is 0.845. The molecule has 0 aromatic heterocycles. The van der Waals surface area contributed by atoms with Gasteiger partial charge in [0, 0.05) is 19.9 Å². The maximum Gasteiger partial charge on any atom is 0.227 e. The van der Waals surface area contributed by atoms with Gasteiger partial charge >= 0.3 is 0 Å². The van der Waals surface area contributed by atoms with Gasteiger partial charge in [0.15, 0.2) is 0 Å². The summed E-state index contributed by atoms with van der Waals surface area (Å²) >= 11 is 0. The molecule has 1 aromatic carbocycles. The Morgan fingerprint density at radius 2 is 1.96 bits per heavy atom. The minimum absolute atomic E-state index is 0.225. The number of hydrogen-bond acceptors (Lipinski definition) is 3. The van der Waals surface area contributed by atoms with Gasteiger partial charge in [0.1, 0.15) is 0 Å². The summed E-state index contributed by atoms with van der Waals surface area (Å²) in [5.41, 5.74) is 2.56. The Hall–Kier alpha value is -1.81. The average molecular weight is 340 g/mol. The van der Waals surface area contributed by atoms with E-state index in [-0.39, 0.29) is 11.9 Å². The summed E-state index contributed by atoms with van der Waals surface area (Å²) in [7, 11) is 2.00. The molecule has 0 radical (unpaired) electrons. The second-order valence-corrected chi connectivity index (χ2v) is 7.51. The molecule has 1 amide bonds. The van der Waals surface area contributed by atoms with Crippen molar-refractivity contribution < 1.29 is 9.53 Å². The van der Waals surface area contributed by atoms with Crippen LogP contribution in [0.5, 0.6) is 0 Å². The van der Waals surface area contributed by atoms with E-state index in [0.717, 1.165) is 44.5 Å². The summed E-state index contributed by atoms with van der Waals surface area (Å²) in [6, 6.07) is 10.7. The predicted molar refractivity (Wildman–Crippen MR) is 98.1 cm³/mol. The Morgan fingerprint density at radius 1 is 1.20 bits per heavy atom. The summed E-state index contributed by atoms with van der Waals surface area (Å²) in [4.78, 5) is 17.5. The fourth-order valence-corrected chi connectivity index (χ4v) is 4.70. The van der Waals surface area contributed by atoms with Gasteiger partial charge in [0.05, 0.1) is 30.9 Å². The number of hydrogen-bond donors (Lipinski definition) is 0. The van der Waals surface area contributed by atoms with Gasteiger partial charge in [-0.05, 0) is 43.5 Å². The molecule has 0 bridgehead atoms. The second-order valence-electron chi connectivity index (χ2n) is 7.51. The van der Waals surface area contributed by atoms with Crippen LogP contribution in [0.3, 0.4) is 0 Å². The molecule has 0 saturated carbocycles. The van der Waals surface area contributed by atoms with E-state index < -0.39 is 0 Å². The van der Waals surface area contributed by atoms with E-state index >= 15 is 0 Å². The minimum atomic E-state index is 0.225. The van der Waals surface area contributed by atoms with E-state index in [4.69, 9.17) is 4.74 Å². The van der Waals surface area contributed by atoms with Crippen LogP contribution in [0, 0.1) is 0 Å². The molecule has 0 spiro atoms. The summed E-state index contributed by atoms with van der Waals surface area (Å²) in [5.74, 6) is 1.44. The van der Waals surface area contributed by atoms with Crippen molar-refractivity contribution in [1.29, 1.82) is 0 Å². The monoisotopic (exact) mass is 340 g/mol. The lowest BCUT2D eigenvalue weighted by molar-refractivity contribution is -0.132. The Kier molecular flexibility index (Phi) is 4.80. The smallest absolute Gasteiger partial charge is 0.227 e. The highest BCUT2D eigenvalue weighted by Crippen LogP contribution is 2.38. The first-order valence-corrected chi connectivity index (χ1v) is 9.62. The lowest BCUT2D eigenvalue weighted by Gasteiger charge is -2.43. The third kappa shape index (κ3) is 3.32. The number of ether oxygens (including phenoxy) is 1. The molecule has 1 saturated heterocycles. The standard InChI is InChI=1S/C21H28N2O2/c1-22(20(24)15-16-7-3-2-4-8-16)18-9-10-19-17(11-14-25-19)21(18)23-12-5-6-13-23/h2-4,7-8,18,21H,5-6,9-15H2,1H3/t18-,21-/m0/s1. The van der Waals surface area contributed by atoms with E-state index in [0.29, 0.717) is 12.5 Å². The summed E-state index contributed by atoms with van der Waals surface area (Å²) < 4.78 is 5.88. The van der Waals surface area contributed by atoms with Crippen LogP contribution in [0.15, 0.2) is 41.7 Å². The van der Waals surface area contributed by atoms with Gasteiger partial charge in [-0.25, -0.2) is 0 Å². The molecule has 2 heterocycles. The van der Waals surface area contributed by atoms with Crippen LogP contribution in [0.2, 0.25) is 0 Å². The van der Waals surface area contributed by atoms with Crippen LogP contribution in [0.4, 0.5) is 0 Å². The van der Waals surface area contributed by atoms with Crippen LogP contribution in [-0.4, -0.2) is 54.5 Å². The van der Waals surface area contributed by atoms with Crippen molar-refractivity contribution in [2.24, 2.45) is 0 Å². The van der Waals surface area contributed by atoms with Crippen LogP contribution >= 0.6 is 0 Å².